The molecule has 0 aliphatic heterocycles. The van der Waals surface area contributed by atoms with E-state index in [1.165, 1.54) is 0 Å². The molecule has 0 amide bonds. The summed E-state index contributed by atoms with van der Waals surface area (Å²) < 4.78 is 0. The van der Waals surface area contributed by atoms with Crippen LogP contribution in [0.2, 0.25) is 0 Å². The molecule has 0 aromatic heterocycles. The summed E-state index contributed by atoms with van der Waals surface area (Å²) in [6.45, 7) is 3.63. The van der Waals surface area contributed by atoms with E-state index in [-0.39, 0.29) is 12.6 Å². The summed E-state index contributed by atoms with van der Waals surface area (Å²) in [4.78, 5) is 0. The fraction of sp³-hybridized carbons (Fsp3) is 1.00. The van der Waals surface area contributed by atoms with Crippen LogP contribution >= 0.6 is 0 Å². The fourth-order valence-corrected chi connectivity index (χ4v) is 0.622. The summed E-state index contributed by atoms with van der Waals surface area (Å²) in [5.41, 5.74) is 4.45. The number of rotatable bonds is 4. The molecule has 0 fully saturated rings. The number of aliphatic hydroxyl groups is 2. The predicted octanol–water partition coefficient (Wildman–Crippen LogP) is -0.143. The second-order valence-corrected chi connectivity index (χ2v) is 3.09. The Morgan fingerprint density at radius 2 is 2.10 bits per heavy atom. The van der Waals surface area contributed by atoms with Crippen LogP contribution in [0.4, 0.5) is 0 Å². The van der Waals surface area contributed by atoms with Crippen molar-refractivity contribution < 1.29 is 10.2 Å². The van der Waals surface area contributed by atoms with Crippen LogP contribution in [0, 0.1) is 0 Å². The summed E-state index contributed by atoms with van der Waals surface area (Å²) in [6, 6.07) is 0. The molecule has 0 saturated carbocycles. The number of hydrogen-bond donors (Lipinski definition) is 3. The third kappa shape index (κ3) is 4.73. The minimum absolute atomic E-state index is 0.250. The molecule has 0 aromatic rings. The van der Waals surface area contributed by atoms with Crippen molar-refractivity contribution in [3.8, 4) is 0 Å². The van der Waals surface area contributed by atoms with E-state index in [9.17, 15) is 5.11 Å². The van der Waals surface area contributed by atoms with Crippen molar-refractivity contribution in [2.24, 2.45) is 5.73 Å². The van der Waals surface area contributed by atoms with Crippen LogP contribution in [0.15, 0.2) is 0 Å². The van der Waals surface area contributed by atoms with Crippen molar-refractivity contribution in [1.29, 1.82) is 0 Å². The van der Waals surface area contributed by atoms with Crippen LogP contribution in [0.5, 0.6) is 0 Å². The first-order valence-corrected chi connectivity index (χ1v) is 3.58. The first-order chi connectivity index (χ1) is 4.48. The lowest BCUT2D eigenvalue weighted by atomic mass is 9.99. The van der Waals surface area contributed by atoms with Gasteiger partial charge in [-0.2, -0.15) is 0 Å². The Bertz CT molecular complexity index is 91.6. The van der Waals surface area contributed by atoms with Gasteiger partial charge in [-0.05, 0) is 26.7 Å². The lowest BCUT2D eigenvalue weighted by Crippen LogP contribution is -2.34. The van der Waals surface area contributed by atoms with Gasteiger partial charge in [-0.15, -0.1) is 0 Å². The molecule has 3 heteroatoms. The molecule has 0 heterocycles. The summed E-state index contributed by atoms with van der Waals surface area (Å²) in [5.74, 6) is 0. The highest BCUT2D eigenvalue weighted by molar-refractivity contribution is 4.73. The first-order valence-electron chi connectivity index (χ1n) is 3.58. The second-order valence-electron chi connectivity index (χ2n) is 3.09. The Balaban J connectivity index is 3.46. The van der Waals surface area contributed by atoms with Crippen molar-refractivity contribution in [2.75, 3.05) is 6.54 Å². The summed E-state index contributed by atoms with van der Waals surface area (Å²) in [5, 5.41) is 18.2. The van der Waals surface area contributed by atoms with Crippen LogP contribution in [0.25, 0.3) is 0 Å². The van der Waals surface area contributed by atoms with Gasteiger partial charge in [0.2, 0.25) is 0 Å². The van der Waals surface area contributed by atoms with Crippen molar-refractivity contribution in [3.05, 3.63) is 0 Å². The molecular weight excluding hydrogens is 130 g/mol. The first kappa shape index (κ1) is 9.88. The topological polar surface area (TPSA) is 66.5 Å². The van der Waals surface area contributed by atoms with E-state index in [1.54, 1.807) is 13.8 Å². The number of nitrogens with two attached hydrogens (primary N) is 1. The Labute approximate surface area is 61.9 Å². The third-order valence-corrected chi connectivity index (χ3v) is 1.54. The molecule has 0 aliphatic rings. The van der Waals surface area contributed by atoms with Crippen LogP contribution in [-0.2, 0) is 0 Å². The van der Waals surface area contributed by atoms with E-state index in [2.05, 4.69) is 0 Å². The minimum Gasteiger partial charge on any atom is -0.393 e. The zero-order valence-electron chi connectivity index (χ0n) is 6.67. The summed E-state index contributed by atoms with van der Waals surface area (Å²) >= 11 is 0. The third-order valence-electron chi connectivity index (χ3n) is 1.54. The van der Waals surface area contributed by atoms with Gasteiger partial charge in [0.15, 0.2) is 0 Å². The van der Waals surface area contributed by atoms with Gasteiger partial charge in [-0.25, -0.2) is 0 Å². The predicted molar refractivity (Wildman–Crippen MR) is 40.6 cm³/mol. The molecule has 62 valence electrons. The van der Waals surface area contributed by atoms with Gasteiger partial charge in [0.1, 0.15) is 0 Å². The summed E-state index contributed by atoms with van der Waals surface area (Å²) in [7, 11) is 0. The van der Waals surface area contributed by atoms with Crippen LogP contribution in [0.1, 0.15) is 26.7 Å². The molecular formula is C7H17NO2. The van der Waals surface area contributed by atoms with Gasteiger partial charge in [-0.1, -0.05) is 0 Å². The molecule has 0 bridgehead atoms. The van der Waals surface area contributed by atoms with Crippen LogP contribution in [-0.4, -0.2) is 28.5 Å². The van der Waals surface area contributed by atoms with E-state index in [4.69, 9.17) is 10.8 Å². The molecule has 0 aromatic carbocycles. The average molecular weight is 147 g/mol. The Kier molecular flexibility index (Phi) is 3.86. The zero-order chi connectivity index (χ0) is 8.20. The maximum Gasteiger partial charge on any atom is 0.0742 e. The van der Waals surface area contributed by atoms with Crippen molar-refractivity contribution >= 4 is 0 Å². The number of hydrogen-bond acceptors (Lipinski definition) is 3. The molecule has 3 nitrogen and oxygen atoms in total. The zero-order valence-corrected chi connectivity index (χ0v) is 6.67. The largest absolute Gasteiger partial charge is 0.393 e. The molecule has 4 N–H and O–H groups in total. The smallest absolute Gasteiger partial charge is 0.0742 e. The molecule has 0 radical (unpaired) electrons. The van der Waals surface area contributed by atoms with E-state index in [1.807, 2.05) is 0 Å². The van der Waals surface area contributed by atoms with Gasteiger partial charge in [0.25, 0.3) is 0 Å². The van der Waals surface area contributed by atoms with E-state index >= 15 is 0 Å². The highest BCUT2D eigenvalue weighted by Crippen LogP contribution is 2.11. The lowest BCUT2D eigenvalue weighted by molar-refractivity contribution is 0.0426. The van der Waals surface area contributed by atoms with Gasteiger partial charge in [0, 0.05) is 6.54 Å². The lowest BCUT2D eigenvalue weighted by Gasteiger charge is -2.21. The molecule has 0 spiro atoms. The SMILES string of the molecule is CC(O)CCC(C)(O)CN. The minimum atomic E-state index is -0.809. The van der Waals surface area contributed by atoms with E-state index in [0.29, 0.717) is 12.8 Å². The maximum absolute atomic E-state index is 9.34. The maximum atomic E-state index is 9.34. The quantitative estimate of drug-likeness (QED) is 0.518. The molecule has 2 atom stereocenters. The number of aliphatic hydroxyl groups excluding tert-OH is 1. The van der Waals surface area contributed by atoms with Crippen molar-refractivity contribution in [2.45, 2.75) is 38.4 Å². The molecule has 0 rings (SSSR count). The fourth-order valence-electron chi connectivity index (χ4n) is 0.622. The van der Waals surface area contributed by atoms with Crippen molar-refractivity contribution in [1.82, 2.24) is 0 Å². The van der Waals surface area contributed by atoms with E-state index < -0.39 is 5.60 Å². The van der Waals surface area contributed by atoms with E-state index in [0.717, 1.165) is 0 Å². The Hall–Kier alpha value is -0.120. The standard InChI is InChI=1S/C7H17NO2/c1-6(9)3-4-7(2,10)5-8/h6,9-10H,3-5,8H2,1-2H3. The van der Waals surface area contributed by atoms with Crippen LogP contribution in [0.3, 0.4) is 0 Å². The molecule has 0 saturated heterocycles. The summed E-state index contributed by atoms with van der Waals surface area (Å²) in [6.07, 6.45) is 0.809. The Morgan fingerprint density at radius 1 is 1.60 bits per heavy atom. The normalized spacial score (nSPS) is 20.1. The highest BCUT2D eigenvalue weighted by atomic mass is 16.3. The molecule has 0 aliphatic carbocycles. The van der Waals surface area contributed by atoms with Gasteiger partial charge in [-0.3, -0.25) is 0 Å². The second kappa shape index (κ2) is 3.91. The molecule has 2 unspecified atom stereocenters. The Morgan fingerprint density at radius 3 is 2.40 bits per heavy atom. The monoisotopic (exact) mass is 147 g/mol. The van der Waals surface area contributed by atoms with Crippen molar-refractivity contribution in [3.63, 3.8) is 0 Å². The molecule has 10 heavy (non-hydrogen) atoms. The van der Waals surface area contributed by atoms with Gasteiger partial charge >= 0.3 is 0 Å². The highest BCUT2D eigenvalue weighted by Gasteiger charge is 2.17. The van der Waals surface area contributed by atoms with Gasteiger partial charge < -0.3 is 15.9 Å². The van der Waals surface area contributed by atoms with Gasteiger partial charge in [0.05, 0.1) is 11.7 Å². The van der Waals surface area contributed by atoms with Crippen LogP contribution < -0.4 is 5.73 Å². The average Bonchev–Trinajstić information content (AvgIpc) is 1.85.